The highest BCUT2D eigenvalue weighted by molar-refractivity contribution is 5.31. The highest BCUT2D eigenvalue weighted by Gasteiger charge is 1.99. The van der Waals surface area contributed by atoms with Crippen LogP contribution in [-0.4, -0.2) is 38.3 Å². The van der Waals surface area contributed by atoms with Crippen LogP contribution in [0.4, 0.5) is 0 Å². The van der Waals surface area contributed by atoms with Gasteiger partial charge in [0.05, 0.1) is 12.7 Å². The van der Waals surface area contributed by atoms with Gasteiger partial charge in [0.2, 0.25) is 0 Å². The van der Waals surface area contributed by atoms with E-state index in [9.17, 15) is 0 Å². The Labute approximate surface area is 109 Å². The summed E-state index contributed by atoms with van der Waals surface area (Å²) in [6, 6.07) is 9.74. The topological polar surface area (TPSA) is 45.5 Å². The molecular formula is C14H20N2O2. The average Bonchev–Trinajstić information content (AvgIpc) is 2.39. The number of ether oxygens (including phenoxy) is 2. The second-order valence-electron chi connectivity index (χ2n) is 3.96. The molecule has 0 radical (unpaired) electrons. The molecule has 0 fully saturated rings. The summed E-state index contributed by atoms with van der Waals surface area (Å²) in [5, 5.41) is 8.47. The Kier molecular flexibility index (Phi) is 6.67. The standard InChI is InChI=1S/C14H20N2O2/c1-3-17-13-5-7-14(8-6-13)18-12-11-16(2)10-4-9-15/h5-8H,3-4,10-12H2,1-2H3. The third kappa shape index (κ3) is 5.55. The minimum atomic E-state index is 0.555. The molecule has 0 aromatic heterocycles. The zero-order valence-electron chi connectivity index (χ0n) is 11.1. The van der Waals surface area contributed by atoms with Gasteiger partial charge in [-0.1, -0.05) is 0 Å². The van der Waals surface area contributed by atoms with Crippen LogP contribution in [0.2, 0.25) is 0 Å². The summed E-state index contributed by atoms with van der Waals surface area (Å²) < 4.78 is 11.0. The Bertz CT molecular complexity index is 370. The molecule has 98 valence electrons. The van der Waals surface area contributed by atoms with Crippen LogP contribution >= 0.6 is 0 Å². The molecule has 0 aliphatic heterocycles. The summed E-state index contributed by atoms with van der Waals surface area (Å²) in [6.07, 6.45) is 0.555. The van der Waals surface area contributed by atoms with Crippen molar-refractivity contribution in [2.24, 2.45) is 0 Å². The maximum Gasteiger partial charge on any atom is 0.119 e. The molecule has 0 saturated carbocycles. The summed E-state index contributed by atoms with van der Waals surface area (Å²) in [6.45, 7) is 4.85. The molecule has 0 atom stereocenters. The van der Waals surface area contributed by atoms with E-state index in [-0.39, 0.29) is 0 Å². The van der Waals surface area contributed by atoms with Gasteiger partial charge in [-0.05, 0) is 38.2 Å². The fourth-order valence-electron chi connectivity index (χ4n) is 1.47. The Morgan fingerprint density at radius 1 is 1.11 bits per heavy atom. The second-order valence-corrected chi connectivity index (χ2v) is 3.96. The summed E-state index contributed by atoms with van der Waals surface area (Å²) in [4.78, 5) is 2.08. The van der Waals surface area contributed by atoms with Gasteiger partial charge in [0.25, 0.3) is 0 Å². The Balaban J connectivity index is 2.25. The lowest BCUT2D eigenvalue weighted by atomic mass is 10.3. The first kappa shape index (κ1) is 14.3. The van der Waals surface area contributed by atoms with E-state index < -0.39 is 0 Å². The van der Waals surface area contributed by atoms with Crippen LogP contribution in [0.25, 0.3) is 0 Å². The molecule has 1 rings (SSSR count). The van der Waals surface area contributed by atoms with Crippen molar-refractivity contribution in [2.75, 3.05) is 33.4 Å². The van der Waals surface area contributed by atoms with Crippen molar-refractivity contribution in [1.29, 1.82) is 5.26 Å². The van der Waals surface area contributed by atoms with Gasteiger partial charge in [0, 0.05) is 19.5 Å². The maximum absolute atomic E-state index is 8.47. The van der Waals surface area contributed by atoms with Crippen molar-refractivity contribution in [3.8, 4) is 17.6 Å². The van der Waals surface area contributed by atoms with Crippen LogP contribution in [0.5, 0.6) is 11.5 Å². The number of benzene rings is 1. The van der Waals surface area contributed by atoms with E-state index in [1.54, 1.807) is 0 Å². The zero-order valence-corrected chi connectivity index (χ0v) is 11.1. The third-order valence-corrected chi connectivity index (χ3v) is 2.48. The van der Waals surface area contributed by atoms with Crippen LogP contribution in [-0.2, 0) is 0 Å². The van der Waals surface area contributed by atoms with Crippen LogP contribution in [0, 0.1) is 11.3 Å². The molecule has 0 amide bonds. The number of nitrogens with zero attached hydrogens (tertiary/aromatic N) is 2. The SMILES string of the molecule is CCOc1ccc(OCCN(C)CCC#N)cc1. The molecule has 4 heteroatoms. The van der Waals surface area contributed by atoms with Crippen molar-refractivity contribution < 1.29 is 9.47 Å². The molecule has 0 unspecified atom stereocenters. The van der Waals surface area contributed by atoms with E-state index in [1.807, 2.05) is 38.2 Å². The Hall–Kier alpha value is -1.73. The number of nitriles is 1. The van der Waals surface area contributed by atoms with Gasteiger partial charge < -0.3 is 14.4 Å². The van der Waals surface area contributed by atoms with Crippen molar-refractivity contribution in [3.05, 3.63) is 24.3 Å². The van der Waals surface area contributed by atoms with E-state index in [0.29, 0.717) is 19.6 Å². The second kappa shape index (κ2) is 8.37. The molecule has 0 aliphatic rings. The van der Waals surface area contributed by atoms with E-state index in [0.717, 1.165) is 24.6 Å². The zero-order chi connectivity index (χ0) is 13.2. The number of hydrogen-bond donors (Lipinski definition) is 0. The highest BCUT2D eigenvalue weighted by Crippen LogP contribution is 2.17. The number of rotatable bonds is 8. The third-order valence-electron chi connectivity index (χ3n) is 2.48. The van der Waals surface area contributed by atoms with Gasteiger partial charge in [0.1, 0.15) is 18.1 Å². The highest BCUT2D eigenvalue weighted by atomic mass is 16.5. The normalized spacial score (nSPS) is 10.1. The number of hydrogen-bond acceptors (Lipinski definition) is 4. The molecule has 1 aromatic carbocycles. The molecule has 4 nitrogen and oxygen atoms in total. The van der Waals surface area contributed by atoms with E-state index in [1.165, 1.54) is 0 Å². The fourth-order valence-corrected chi connectivity index (χ4v) is 1.47. The van der Waals surface area contributed by atoms with E-state index in [2.05, 4.69) is 11.0 Å². The van der Waals surface area contributed by atoms with Gasteiger partial charge in [-0.25, -0.2) is 0 Å². The molecule has 0 bridgehead atoms. The lowest BCUT2D eigenvalue weighted by Gasteiger charge is -2.15. The monoisotopic (exact) mass is 248 g/mol. The van der Waals surface area contributed by atoms with Crippen LogP contribution in [0.1, 0.15) is 13.3 Å². The van der Waals surface area contributed by atoms with Crippen molar-refractivity contribution in [2.45, 2.75) is 13.3 Å². The van der Waals surface area contributed by atoms with Crippen molar-refractivity contribution in [1.82, 2.24) is 4.90 Å². The summed E-state index contributed by atoms with van der Waals surface area (Å²) in [7, 11) is 1.99. The molecule has 0 N–H and O–H groups in total. The Morgan fingerprint density at radius 2 is 1.72 bits per heavy atom. The smallest absolute Gasteiger partial charge is 0.119 e. The van der Waals surface area contributed by atoms with Crippen LogP contribution < -0.4 is 9.47 Å². The average molecular weight is 248 g/mol. The largest absolute Gasteiger partial charge is 0.494 e. The first-order chi connectivity index (χ1) is 8.76. The minimum Gasteiger partial charge on any atom is -0.494 e. The van der Waals surface area contributed by atoms with Crippen LogP contribution in [0.3, 0.4) is 0 Å². The quantitative estimate of drug-likeness (QED) is 0.708. The van der Waals surface area contributed by atoms with Crippen LogP contribution in [0.15, 0.2) is 24.3 Å². The summed E-state index contributed by atoms with van der Waals surface area (Å²) in [5.41, 5.74) is 0. The molecule has 0 saturated heterocycles. The van der Waals surface area contributed by atoms with Gasteiger partial charge in [0.15, 0.2) is 0 Å². The lowest BCUT2D eigenvalue weighted by molar-refractivity contribution is 0.240. The summed E-state index contributed by atoms with van der Waals surface area (Å²) in [5.74, 6) is 1.70. The summed E-state index contributed by atoms with van der Waals surface area (Å²) >= 11 is 0. The predicted octanol–water partition coefficient (Wildman–Crippen LogP) is 2.31. The van der Waals surface area contributed by atoms with Gasteiger partial charge in [-0.3, -0.25) is 0 Å². The molecule has 0 spiro atoms. The molecule has 1 aromatic rings. The minimum absolute atomic E-state index is 0.555. The first-order valence-electron chi connectivity index (χ1n) is 6.17. The first-order valence-corrected chi connectivity index (χ1v) is 6.17. The number of likely N-dealkylation sites (N-methyl/N-ethyl adjacent to an activating group) is 1. The Morgan fingerprint density at radius 3 is 2.28 bits per heavy atom. The van der Waals surface area contributed by atoms with Crippen molar-refractivity contribution >= 4 is 0 Å². The fraction of sp³-hybridized carbons (Fsp3) is 0.500. The van der Waals surface area contributed by atoms with E-state index >= 15 is 0 Å². The maximum atomic E-state index is 8.47. The lowest BCUT2D eigenvalue weighted by Crippen LogP contribution is -2.25. The van der Waals surface area contributed by atoms with Gasteiger partial charge in [-0.15, -0.1) is 0 Å². The molecule has 0 heterocycles. The van der Waals surface area contributed by atoms with Crippen molar-refractivity contribution in [3.63, 3.8) is 0 Å². The molecule has 18 heavy (non-hydrogen) atoms. The molecular weight excluding hydrogens is 228 g/mol. The van der Waals surface area contributed by atoms with Gasteiger partial charge in [-0.2, -0.15) is 5.26 Å². The molecule has 0 aliphatic carbocycles. The predicted molar refractivity (Wildman–Crippen MR) is 70.8 cm³/mol. The van der Waals surface area contributed by atoms with Gasteiger partial charge >= 0.3 is 0 Å². The van der Waals surface area contributed by atoms with E-state index in [4.69, 9.17) is 14.7 Å².